The lowest BCUT2D eigenvalue weighted by Crippen LogP contribution is -2.20. The molecule has 0 fully saturated rings. The Morgan fingerprint density at radius 3 is 2.38 bits per heavy atom. The van der Waals surface area contributed by atoms with E-state index < -0.39 is 18.6 Å². The summed E-state index contributed by atoms with van der Waals surface area (Å²) < 4.78 is 38.3. The number of terminal acetylenes is 1. The molecule has 0 heterocycles. The molecule has 1 N–H and O–H groups in total. The Kier molecular flexibility index (Phi) is 4.54. The van der Waals surface area contributed by atoms with E-state index in [1.165, 1.54) is 0 Å². The minimum atomic E-state index is -4.25. The van der Waals surface area contributed by atoms with Crippen LogP contribution in [0.15, 0.2) is 54.6 Å². The van der Waals surface area contributed by atoms with Crippen LogP contribution in [0, 0.1) is 12.3 Å². The Hall–Kier alpha value is -2.41. The third kappa shape index (κ3) is 4.57. The molecule has 0 radical (unpaired) electrons. The molecule has 4 heteroatoms. The Balaban J connectivity index is 2.26. The largest absolute Gasteiger partial charge is 0.391 e. The molecule has 0 aliphatic rings. The fraction of sp³-hybridized carbons (Fsp3) is 0.176. The quantitative estimate of drug-likeness (QED) is 0.799. The summed E-state index contributed by atoms with van der Waals surface area (Å²) in [6, 6.07) is 14.5. The summed E-state index contributed by atoms with van der Waals surface area (Å²) in [5, 5.41) is 2.91. The van der Waals surface area contributed by atoms with Crippen molar-refractivity contribution in [1.29, 1.82) is 0 Å². The summed E-state index contributed by atoms with van der Waals surface area (Å²) in [5.41, 5.74) is 1.78. The van der Waals surface area contributed by atoms with Gasteiger partial charge in [0, 0.05) is 11.3 Å². The molecular formula is C17H14F3N. The number of rotatable bonds is 4. The van der Waals surface area contributed by atoms with E-state index in [0.29, 0.717) is 16.8 Å². The first-order valence-electron chi connectivity index (χ1n) is 6.43. The van der Waals surface area contributed by atoms with Gasteiger partial charge >= 0.3 is 6.18 Å². The SMILES string of the molecule is C#Cc1cccc(NC(CC(F)(F)F)c2ccccc2)c1. The van der Waals surface area contributed by atoms with Crippen LogP contribution in [0.2, 0.25) is 0 Å². The van der Waals surface area contributed by atoms with Crippen LogP contribution >= 0.6 is 0 Å². The number of hydrogen-bond acceptors (Lipinski definition) is 1. The van der Waals surface area contributed by atoms with Gasteiger partial charge in [-0.05, 0) is 23.8 Å². The number of nitrogens with one attached hydrogen (secondary N) is 1. The van der Waals surface area contributed by atoms with Crippen molar-refractivity contribution >= 4 is 5.69 Å². The monoisotopic (exact) mass is 289 g/mol. The van der Waals surface area contributed by atoms with Crippen molar-refractivity contribution in [3.8, 4) is 12.3 Å². The molecule has 0 bridgehead atoms. The fourth-order valence-electron chi connectivity index (χ4n) is 2.07. The van der Waals surface area contributed by atoms with Crippen molar-refractivity contribution in [1.82, 2.24) is 0 Å². The lowest BCUT2D eigenvalue weighted by atomic mass is 10.0. The lowest BCUT2D eigenvalue weighted by molar-refractivity contribution is -0.137. The molecule has 2 rings (SSSR count). The van der Waals surface area contributed by atoms with Crippen molar-refractivity contribution in [3.63, 3.8) is 0 Å². The van der Waals surface area contributed by atoms with Crippen molar-refractivity contribution in [2.75, 3.05) is 5.32 Å². The maximum Gasteiger partial charge on any atom is 0.391 e. The van der Waals surface area contributed by atoms with E-state index in [0.717, 1.165) is 0 Å². The zero-order valence-electron chi connectivity index (χ0n) is 11.2. The van der Waals surface area contributed by atoms with Crippen LogP contribution in [0.25, 0.3) is 0 Å². The Labute approximate surface area is 121 Å². The van der Waals surface area contributed by atoms with Crippen LogP contribution in [-0.2, 0) is 0 Å². The second-order valence-corrected chi connectivity index (χ2v) is 4.65. The van der Waals surface area contributed by atoms with Gasteiger partial charge in [-0.15, -0.1) is 6.42 Å². The van der Waals surface area contributed by atoms with Gasteiger partial charge in [0.2, 0.25) is 0 Å². The van der Waals surface area contributed by atoms with Crippen molar-refractivity contribution in [3.05, 3.63) is 65.7 Å². The fourth-order valence-corrected chi connectivity index (χ4v) is 2.07. The second-order valence-electron chi connectivity index (χ2n) is 4.65. The Bertz CT molecular complexity index is 626. The van der Waals surface area contributed by atoms with Gasteiger partial charge in [0.05, 0.1) is 12.5 Å². The standard InChI is InChI=1S/C17H14F3N/c1-2-13-7-6-10-15(11-13)21-16(12-17(18,19)20)14-8-4-3-5-9-14/h1,3-11,16,21H,12H2. The van der Waals surface area contributed by atoms with E-state index in [2.05, 4.69) is 11.2 Å². The predicted octanol–water partition coefficient (Wildman–Crippen LogP) is 4.77. The normalized spacial score (nSPS) is 12.5. The average molecular weight is 289 g/mol. The van der Waals surface area contributed by atoms with Gasteiger partial charge in [0.25, 0.3) is 0 Å². The van der Waals surface area contributed by atoms with Gasteiger partial charge in [-0.2, -0.15) is 13.2 Å². The number of halogens is 3. The number of benzene rings is 2. The van der Waals surface area contributed by atoms with E-state index in [9.17, 15) is 13.2 Å². The Morgan fingerprint density at radius 1 is 1.05 bits per heavy atom. The molecular weight excluding hydrogens is 275 g/mol. The molecule has 0 saturated carbocycles. The molecule has 1 atom stereocenters. The maximum atomic E-state index is 12.8. The number of anilines is 1. The van der Waals surface area contributed by atoms with Gasteiger partial charge in [-0.3, -0.25) is 0 Å². The first-order valence-corrected chi connectivity index (χ1v) is 6.43. The molecule has 2 aromatic carbocycles. The van der Waals surface area contributed by atoms with Crippen molar-refractivity contribution in [2.24, 2.45) is 0 Å². The molecule has 2 aromatic rings. The third-order valence-corrected chi connectivity index (χ3v) is 3.01. The Morgan fingerprint density at radius 2 is 1.76 bits per heavy atom. The minimum Gasteiger partial charge on any atom is -0.378 e. The van der Waals surface area contributed by atoms with Gasteiger partial charge in [0.1, 0.15) is 0 Å². The lowest BCUT2D eigenvalue weighted by Gasteiger charge is -2.22. The zero-order chi connectivity index (χ0) is 15.3. The highest BCUT2D eigenvalue weighted by atomic mass is 19.4. The van der Waals surface area contributed by atoms with Crippen molar-refractivity contribution in [2.45, 2.75) is 18.6 Å². The summed E-state index contributed by atoms with van der Waals surface area (Å²) >= 11 is 0. The van der Waals surface area contributed by atoms with Crippen LogP contribution in [0.3, 0.4) is 0 Å². The van der Waals surface area contributed by atoms with Crippen molar-refractivity contribution < 1.29 is 13.2 Å². The van der Waals surface area contributed by atoms with E-state index >= 15 is 0 Å². The van der Waals surface area contributed by atoms with E-state index in [-0.39, 0.29) is 0 Å². The maximum absolute atomic E-state index is 12.8. The minimum absolute atomic E-state index is 0.573. The first kappa shape index (κ1) is 15.0. The zero-order valence-corrected chi connectivity index (χ0v) is 11.2. The third-order valence-electron chi connectivity index (χ3n) is 3.01. The molecule has 0 aliphatic carbocycles. The van der Waals surface area contributed by atoms with Crippen LogP contribution in [0.1, 0.15) is 23.6 Å². The summed E-state index contributed by atoms with van der Waals surface area (Å²) in [6.45, 7) is 0. The topological polar surface area (TPSA) is 12.0 Å². The molecule has 0 spiro atoms. The predicted molar refractivity (Wildman–Crippen MR) is 77.9 cm³/mol. The van der Waals surface area contributed by atoms with Crippen LogP contribution in [-0.4, -0.2) is 6.18 Å². The first-order chi connectivity index (χ1) is 9.98. The summed E-state index contributed by atoms with van der Waals surface area (Å²) in [5.74, 6) is 2.47. The molecule has 21 heavy (non-hydrogen) atoms. The number of hydrogen-bond donors (Lipinski definition) is 1. The molecule has 0 aromatic heterocycles. The van der Waals surface area contributed by atoms with Gasteiger partial charge < -0.3 is 5.32 Å². The summed E-state index contributed by atoms with van der Waals surface area (Å²) in [6.07, 6.45) is 0.105. The highest BCUT2D eigenvalue weighted by Gasteiger charge is 2.32. The summed E-state index contributed by atoms with van der Waals surface area (Å²) in [4.78, 5) is 0. The average Bonchev–Trinajstić information content (AvgIpc) is 2.46. The molecule has 1 unspecified atom stereocenters. The molecule has 1 nitrogen and oxygen atoms in total. The highest BCUT2D eigenvalue weighted by molar-refractivity contribution is 5.51. The van der Waals surface area contributed by atoms with E-state index in [1.54, 1.807) is 54.6 Å². The number of alkyl halides is 3. The van der Waals surface area contributed by atoms with E-state index in [4.69, 9.17) is 6.42 Å². The molecule has 0 aliphatic heterocycles. The van der Waals surface area contributed by atoms with Crippen LogP contribution < -0.4 is 5.32 Å². The summed E-state index contributed by atoms with van der Waals surface area (Å²) in [7, 11) is 0. The molecule has 0 saturated heterocycles. The van der Waals surface area contributed by atoms with Crippen LogP contribution in [0.4, 0.5) is 18.9 Å². The van der Waals surface area contributed by atoms with Crippen LogP contribution in [0.5, 0.6) is 0 Å². The molecule has 0 amide bonds. The smallest absolute Gasteiger partial charge is 0.378 e. The van der Waals surface area contributed by atoms with E-state index in [1.807, 2.05) is 0 Å². The highest BCUT2D eigenvalue weighted by Crippen LogP contribution is 2.32. The van der Waals surface area contributed by atoms with Gasteiger partial charge in [-0.25, -0.2) is 0 Å². The molecule has 108 valence electrons. The second kappa shape index (κ2) is 6.36. The van der Waals surface area contributed by atoms with Gasteiger partial charge in [0.15, 0.2) is 0 Å². The van der Waals surface area contributed by atoms with Gasteiger partial charge in [-0.1, -0.05) is 42.3 Å².